The van der Waals surface area contributed by atoms with E-state index in [0.29, 0.717) is 5.75 Å². The van der Waals surface area contributed by atoms with Gasteiger partial charge in [0.2, 0.25) is 5.56 Å². The van der Waals surface area contributed by atoms with Crippen LogP contribution in [0, 0.1) is 10.1 Å². The van der Waals surface area contributed by atoms with Gasteiger partial charge in [-0.3, -0.25) is 19.7 Å². The minimum Gasteiger partial charge on any atom is -0.496 e. The zero-order valence-corrected chi connectivity index (χ0v) is 11.0. The SMILES string of the molecule is COc1ccc(NC(=O)c2cccc(=O)[nH]2)c([N+](=O)[O-])c1. The first kappa shape index (κ1) is 14.3. The Kier molecular flexibility index (Phi) is 3.98. The molecule has 0 unspecified atom stereocenters. The second-order valence-corrected chi connectivity index (χ2v) is 4.02. The number of amides is 1. The molecule has 8 nitrogen and oxygen atoms in total. The molecule has 1 aromatic carbocycles. The molecule has 0 bridgehead atoms. The van der Waals surface area contributed by atoms with E-state index in [1.165, 1.54) is 43.5 Å². The second kappa shape index (κ2) is 5.87. The van der Waals surface area contributed by atoms with Crippen LogP contribution in [0.3, 0.4) is 0 Å². The van der Waals surface area contributed by atoms with Gasteiger partial charge in [-0.25, -0.2) is 0 Å². The number of H-pyrrole nitrogens is 1. The summed E-state index contributed by atoms with van der Waals surface area (Å²) in [7, 11) is 1.38. The zero-order chi connectivity index (χ0) is 15.4. The molecule has 1 aromatic heterocycles. The number of nitro groups is 1. The molecule has 8 heteroatoms. The van der Waals surface area contributed by atoms with Crippen molar-refractivity contribution in [1.82, 2.24) is 4.98 Å². The highest BCUT2D eigenvalue weighted by molar-refractivity contribution is 6.04. The van der Waals surface area contributed by atoms with Crippen molar-refractivity contribution < 1.29 is 14.5 Å². The number of benzene rings is 1. The number of aromatic amines is 1. The number of nitrogens with zero attached hydrogens (tertiary/aromatic N) is 1. The van der Waals surface area contributed by atoms with Crippen molar-refractivity contribution in [2.45, 2.75) is 0 Å². The molecule has 2 rings (SSSR count). The molecule has 2 N–H and O–H groups in total. The summed E-state index contributed by atoms with van der Waals surface area (Å²) in [5.41, 5.74) is -0.726. The van der Waals surface area contributed by atoms with Crippen molar-refractivity contribution in [3.63, 3.8) is 0 Å². The van der Waals surface area contributed by atoms with E-state index in [0.717, 1.165) is 0 Å². The topological polar surface area (TPSA) is 114 Å². The van der Waals surface area contributed by atoms with E-state index in [4.69, 9.17) is 4.74 Å². The number of ether oxygens (including phenoxy) is 1. The third-order valence-corrected chi connectivity index (χ3v) is 2.66. The number of anilines is 1. The van der Waals surface area contributed by atoms with Crippen molar-refractivity contribution in [2.24, 2.45) is 0 Å². The maximum Gasteiger partial charge on any atom is 0.296 e. The molecule has 0 saturated heterocycles. The average Bonchev–Trinajstić information content (AvgIpc) is 2.47. The van der Waals surface area contributed by atoms with Gasteiger partial charge < -0.3 is 15.0 Å². The molecule has 108 valence electrons. The lowest BCUT2D eigenvalue weighted by molar-refractivity contribution is -0.384. The van der Waals surface area contributed by atoms with E-state index in [2.05, 4.69) is 10.3 Å². The van der Waals surface area contributed by atoms with Crippen LogP contribution in [0.2, 0.25) is 0 Å². The van der Waals surface area contributed by atoms with Crippen LogP contribution in [0.5, 0.6) is 5.75 Å². The monoisotopic (exact) mass is 289 g/mol. The van der Waals surface area contributed by atoms with Gasteiger partial charge in [0.15, 0.2) is 0 Å². The van der Waals surface area contributed by atoms with Crippen molar-refractivity contribution in [1.29, 1.82) is 0 Å². The summed E-state index contributed by atoms with van der Waals surface area (Å²) in [6.07, 6.45) is 0. The molecule has 21 heavy (non-hydrogen) atoms. The summed E-state index contributed by atoms with van der Waals surface area (Å²) in [6, 6.07) is 8.10. The lowest BCUT2D eigenvalue weighted by atomic mass is 10.2. The minimum atomic E-state index is -0.652. The molecule has 2 aromatic rings. The summed E-state index contributed by atoms with van der Waals surface area (Å²) in [6.45, 7) is 0. The number of carbonyl (C=O) groups is 1. The minimum absolute atomic E-state index is 0.00705. The van der Waals surface area contributed by atoms with Gasteiger partial charge >= 0.3 is 0 Å². The molecule has 1 amide bonds. The Bertz CT molecular complexity index is 753. The molecule has 1 heterocycles. The van der Waals surface area contributed by atoms with Crippen molar-refractivity contribution in [2.75, 3.05) is 12.4 Å². The molecule has 0 aliphatic rings. The fourth-order valence-corrected chi connectivity index (χ4v) is 1.67. The van der Waals surface area contributed by atoms with Crippen LogP contribution in [0.25, 0.3) is 0 Å². The number of carbonyl (C=O) groups excluding carboxylic acids is 1. The highest BCUT2D eigenvalue weighted by Crippen LogP contribution is 2.29. The van der Waals surface area contributed by atoms with E-state index in [1.807, 2.05) is 0 Å². The predicted molar refractivity (Wildman–Crippen MR) is 74.7 cm³/mol. The van der Waals surface area contributed by atoms with Crippen molar-refractivity contribution >= 4 is 17.3 Å². The molecular weight excluding hydrogens is 278 g/mol. The largest absolute Gasteiger partial charge is 0.496 e. The highest BCUT2D eigenvalue weighted by atomic mass is 16.6. The van der Waals surface area contributed by atoms with Crippen LogP contribution in [-0.4, -0.2) is 22.9 Å². The first-order valence-corrected chi connectivity index (χ1v) is 5.84. The van der Waals surface area contributed by atoms with E-state index in [-0.39, 0.29) is 17.1 Å². The first-order chi connectivity index (χ1) is 10.0. The van der Waals surface area contributed by atoms with Crippen LogP contribution < -0.4 is 15.6 Å². The average molecular weight is 289 g/mol. The number of nitro benzene ring substituents is 1. The number of pyridine rings is 1. The van der Waals surface area contributed by atoms with Gasteiger partial charge in [0, 0.05) is 6.07 Å². The number of methoxy groups -OCH3 is 1. The lowest BCUT2D eigenvalue weighted by Gasteiger charge is -2.07. The quantitative estimate of drug-likeness (QED) is 0.654. The number of rotatable bonds is 4. The van der Waals surface area contributed by atoms with Gasteiger partial charge in [0.1, 0.15) is 17.1 Å². The molecule has 0 saturated carbocycles. The van der Waals surface area contributed by atoms with Crippen LogP contribution in [0.15, 0.2) is 41.2 Å². The van der Waals surface area contributed by atoms with E-state index in [1.54, 1.807) is 0 Å². The zero-order valence-electron chi connectivity index (χ0n) is 11.0. The van der Waals surface area contributed by atoms with Gasteiger partial charge in [0.25, 0.3) is 11.6 Å². The molecule has 0 radical (unpaired) electrons. The standard InChI is InChI=1S/C13H11N3O5/c1-21-8-5-6-9(11(7-8)16(19)20)15-13(18)10-3-2-4-12(17)14-10/h2-7H,1H3,(H,14,17)(H,15,18). The number of aromatic nitrogens is 1. The Morgan fingerprint density at radius 3 is 2.71 bits per heavy atom. The number of hydrogen-bond acceptors (Lipinski definition) is 5. The van der Waals surface area contributed by atoms with E-state index >= 15 is 0 Å². The Hall–Kier alpha value is -3.16. The van der Waals surface area contributed by atoms with Crippen LogP contribution in [0.4, 0.5) is 11.4 Å². The van der Waals surface area contributed by atoms with Crippen LogP contribution >= 0.6 is 0 Å². The predicted octanol–water partition coefficient (Wildman–Crippen LogP) is 1.54. The molecule has 0 atom stereocenters. The van der Waals surface area contributed by atoms with Crippen LogP contribution in [0.1, 0.15) is 10.5 Å². The summed E-state index contributed by atoms with van der Waals surface area (Å²) in [5, 5.41) is 13.4. The molecule has 0 aliphatic heterocycles. The number of nitrogens with one attached hydrogen (secondary N) is 2. The molecule has 0 aliphatic carbocycles. The Morgan fingerprint density at radius 1 is 1.33 bits per heavy atom. The molecule has 0 fully saturated rings. The van der Waals surface area contributed by atoms with E-state index in [9.17, 15) is 19.7 Å². The lowest BCUT2D eigenvalue weighted by Crippen LogP contribution is -2.18. The summed E-state index contributed by atoms with van der Waals surface area (Å²) in [4.78, 5) is 35.8. The van der Waals surface area contributed by atoms with E-state index < -0.39 is 16.4 Å². The van der Waals surface area contributed by atoms with Crippen molar-refractivity contribution in [3.05, 3.63) is 62.6 Å². The van der Waals surface area contributed by atoms with Gasteiger partial charge in [-0.15, -0.1) is 0 Å². The normalized spacial score (nSPS) is 9.95. The first-order valence-electron chi connectivity index (χ1n) is 5.84. The third kappa shape index (κ3) is 3.24. The van der Waals surface area contributed by atoms with Crippen LogP contribution in [-0.2, 0) is 0 Å². The Morgan fingerprint density at radius 2 is 2.10 bits per heavy atom. The highest BCUT2D eigenvalue weighted by Gasteiger charge is 2.18. The summed E-state index contributed by atoms with van der Waals surface area (Å²) >= 11 is 0. The maximum absolute atomic E-state index is 12.0. The van der Waals surface area contributed by atoms with Crippen molar-refractivity contribution in [3.8, 4) is 5.75 Å². The summed E-state index contributed by atoms with van der Waals surface area (Å²) < 4.78 is 4.90. The smallest absolute Gasteiger partial charge is 0.296 e. The fraction of sp³-hybridized carbons (Fsp3) is 0.0769. The van der Waals surface area contributed by atoms with Gasteiger partial charge in [-0.05, 0) is 18.2 Å². The number of hydrogen-bond donors (Lipinski definition) is 2. The Labute approximate surface area is 118 Å². The molecular formula is C13H11N3O5. The third-order valence-electron chi connectivity index (χ3n) is 2.66. The maximum atomic E-state index is 12.0. The van der Waals surface area contributed by atoms with Gasteiger partial charge in [-0.2, -0.15) is 0 Å². The second-order valence-electron chi connectivity index (χ2n) is 4.02. The molecule has 0 spiro atoms. The van der Waals surface area contributed by atoms with Gasteiger partial charge in [-0.1, -0.05) is 6.07 Å². The fourth-order valence-electron chi connectivity index (χ4n) is 1.67. The van der Waals surface area contributed by atoms with Gasteiger partial charge in [0.05, 0.1) is 18.1 Å². The Balaban J connectivity index is 2.33. The summed E-state index contributed by atoms with van der Waals surface area (Å²) in [5.74, 6) is -0.353.